The smallest absolute Gasteiger partial charge is 0.0492 e. The van der Waals surface area contributed by atoms with Crippen LogP contribution in [0.5, 0.6) is 0 Å². The van der Waals surface area contributed by atoms with Crippen molar-refractivity contribution in [3.8, 4) is 0 Å². The third kappa shape index (κ3) is 3.50. The maximum atomic E-state index is 4.29. The van der Waals surface area contributed by atoms with Gasteiger partial charge in [0, 0.05) is 31.4 Å². The summed E-state index contributed by atoms with van der Waals surface area (Å²) in [4.78, 5) is 0. The number of nitrogens with one attached hydrogen (secondary N) is 1. The van der Waals surface area contributed by atoms with Crippen molar-refractivity contribution in [3.63, 3.8) is 0 Å². The summed E-state index contributed by atoms with van der Waals surface area (Å²) in [5.41, 5.74) is 1.34. The summed E-state index contributed by atoms with van der Waals surface area (Å²) in [5.74, 6) is 0. The molecule has 1 aromatic rings. The fourth-order valence-electron chi connectivity index (χ4n) is 1.50. The maximum Gasteiger partial charge on any atom is 0.0492 e. The topological polar surface area (TPSA) is 29.9 Å². The van der Waals surface area contributed by atoms with E-state index in [1.165, 1.54) is 12.1 Å². The Labute approximate surface area is 86.5 Å². The van der Waals surface area contributed by atoms with Gasteiger partial charge in [0.05, 0.1) is 0 Å². The van der Waals surface area contributed by atoms with E-state index in [2.05, 4.69) is 35.0 Å². The Bertz CT molecular complexity index is 242. The first-order chi connectivity index (χ1) is 6.88. The molecule has 0 aromatic carbocycles. The van der Waals surface area contributed by atoms with Crippen LogP contribution in [0, 0.1) is 0 Å². The Hall–Kier alpha value is -0.830. The SMILES string of the molecule is CCCNCCc1ccnn1CCC. The van der Waals surface area contributed by atoms with Crippen molar-refractivity contribution in [1.29, 1.82) is 0 Å². The van der Waals surface area contributed by atoms with Gasteiger partial charge in [0.25, 0.3) is 0 Å². The molecule has 80 valence electrons. The molecule has 0 spiro atoms. The normalized spacial score (nSPS) is 10.7. The second kappa shape index (κ2) is 6.60. The number of aromatic nitrogens is 2. The standard InChI is InChI=1S/C11H21N3/c1-3-7-12-8-5-11-6-9-13-14(11)10-4-2/h6,9,12H,3-5,7-8,10H2,1-2H3. The van der Waals surface area contributed by atoms with Gasteiger partial charge in [-0.05, 0) is 25.5 Å². The second-order valence-electron chi connectivity index (χ2n) is 3.55. The number of hydrogen-bond acceptors (Lipinski definition) is 2. The molecule has 1 heterocycles. The molecular weight excluding hydrogens is 174 g/mol. The molecule has 1 rings (SSSR count). The first-order valence-electron chi connectivity index (χ1n) is 5.59. The van der Waals surface area contributed by atoms with Gasteiger partial charge in [0.15, 0.2) is 0 Å². The van der Waals surface area contributed by atoms with Gasteiger partial charge in [-0.15, -0.1) is 0 Å². The highest BCUT2D eigenvalue weighted by atomic mass is 15.3. The first kappa shape index (κ1) is 11.2. The highest BCUT2D eigenvalue weighted by molar-refractivity contribution is 5.00. The summed E-state index contributed by atoms with van der Waals surface area (Å²) in [5, 5.41) is 7.70. The third-order valence-electron chi connectivity index (χ3n) is 2.22. The summed E-state index contributed by atoms with van der Waals surface area (Å²) < 4.78 is 2.10. The molecule has 0 aliphatic heterocycles. The molecule has 14 heavy (non-hydrogen) atoms. The molecule has 1 N–H and O–H groups in total. The fourth-order valence-corrected chi connectivity index (χ4v) is 1.50. The van der Waals surface area contributed by atoms with E-state index in [0.29, 0.717) is 0 Å². The second-order valence-corrected chi connectivity index (χ2v) is 3.55. The van der Waals surface area contributed by atoms with Crippen LogP contribution < -0.4 is 5.32 Å². The summed E-state index contributed by atoms with van der Waals surface area (Å²) in [7, 11) is 0. The van der Waals surface area contributed by atoms with Gasteiger partial charge in [-0.3, -0.25) is 4.68 Å². The summed E-state index contributed by atoms with van der Waals surface area (Å²) in [6.45, 7) is 7.58. The van der Waals surface area contributed by atoms with Crippen LogP contribution in [0.4, 0.5) is 0 Å². The quantitative estimate of drug-likeness (QED) is 0.673. The van der Waals surface area contributed by atoms with Crippen molar-refractivity contribution in [2.45, 2.75) is 39.7 Å². The third-order valence-corrected chi connectivity index (χ3v) is 2.22. The van der Waals surface area contributed by atoms with Gasteiger partial charge in [0.1, 0.15) is 0 Å². The largest absolute Gasteiger partial charge is 0.316 e. The molecular formula is C11H21N3. The van der Waals surface area contributed by atoms with E-state index >= 15 is 0 Å². The summed E-state index contributed by atoms with van der Waals surface area (Å²) in [6.07, 6.45) is 5.33. The van der Waals surface area contributed by atoms with Crippen molar-refractivity contribution in [3.05, 3.63) is 18.0 Å². The van der Waals surface area contributed by atoms with Crippen molar-refractivity contribution in [1.82, 2.24) is 15.1 Å². The van der Waals surface area contributed by atoms with E-state index in [9.17, 15) is 0 Å². The van der Waals surface area contributed by atoms with Crippen LogP contribution in [0.2, 0.25) is 0 Å². The lowest BCUT2D eigenvalue weighted by Crippen LogP contribution is -2.19. The van der Waals surface area contributed by atoms with Crippen LogP contribution in [0.15, 0.2) is 12.3 Å². The molecule has 0 saturated heterocycles. The highest BCUT2D eigenvalue weighted by Gasteiger charge is 2.00. The molecule has 0 saturated carbocycles. The fraction of sp³-hybridized carbons (Fsp3) is 0.727. The number of rotatable bonds is 7. The Morgan fingerprint density at radius 1 is 1.29 bits per heavy atom. The molecule has 0 radical (unpaired) electrons. The highest BCUT2D eigenvalue weighted by Crippen LogP contribution is 2.00. The first-order valence-corrected chi connectivity index (χ1v) is 5.59. The van der Waals surface area contributed by atoms with E-state index in [1.807, 2.05) is 6.20 Å². The zero-order valence-electron chi connectivity index (χ0n) is 9.29. The van der Waals surface area contributed by atoms with Gasteiger partial charge < -0.3 is 5.32 Å². The number of hydrogen-bond donors (Lipinski definition) is 1. The minimum atomic E-state index is 1.04. The zero-order valence-corrected chi connectivity index (χ0v) is 9.29. The predicted octanol–water partition coefficient (Wildman–Crippen LogP) is 1.84. The van der Waals surface area contributed by atoms with Crippen LogP contribution in [0.1, 0.15) is 32.4 Å². The van der Waals surface area contributed by atoms with Crippen molar-refractivity contribution in [2.24, 2.45) is 0 Å². The minimum absolute atomic E-state index is 1.04. The van der Waals surface area contributed by atoms with Crippen LogP contribution in [0.3, 0.4) is 0 Å². The van der Waals surface area contributed by atoms with E-state index in [4.69, 9.17) is 0 Å². The van der Waals surface area contributed by atoms with Crippen LogP contribution >= 0.6 is 0 Å². The van der Waals surface area contributed by atoms with Crippen molar-refractivity contribution < 1.29 is 0 Å². The Morgan fingerprint density at radius 3 is 2.86 bits per heavy atom. The van der Waals surface area contributed by atoms with Crippen molar-refractivity contribution >= 4 is 0 Å². The van der Waals surface area contributed by atoms with E-state index in [-0.39, 0.29) is 0 Å². The molecule has 0 unspecified atom stereocenters. The lowest BCUT2D eigenvalue weighted by atomic mass is 10.3. The Morgan fingerprint density at radius 2 is 2.14 bits per heavy atom. The maximum absolute atomic E-state index is 4.29. The minimum Gasteiger partial charge on any atom is -0.316 e. The summed E-state index contributed by atoms with van der Waals surface area (Å²) >= 11 is 0. The Kier molecular flexibility index (Phi) is 5.30. The zero-order chi connectivity index (χ0) is 10.2. The van der Waals surface area contributed by atoms with Gasteiger partial charge in [-0.2, -0.15) is 5.10 Å². The molecule has 1 aromatic heterocycles. The number of aryl methyl sites for hydroxylation is 1. The lowest BCUT2D eigenvalue weighted by molar-refractivity contribution is 0.561. The molecule has 0 aliphatic carbocycles. The van der Waals surface area contributed by atoms with E-state index in [1.54, 1.807) is 0 Å². The molecule has 0 atom stereocenters. The molecule has 0 bridgehead atoms. The van der Waals surface area contributed by atoms with Crippen LogP contribution in [0.25, 0.3) is 0 Å². The lowest BCUT2D eigenvalue weighted by Gasteiger charge is -2.06. The average molecular weight is 195 g/mol. The number of nitrogens with zero attached hydrogens (tertiary/aromatic N) is 2. The molecule has 0 fully saturated rings. The van der Waals surface area contributed by atoms with Gasteiger partial charge >= 0.3 is 0 Å². The molecule has 0 aliphatic rings. The van der Waals surface area contributed by atoms with Gasteiger partial charge in [0.2, 0.25) is 0 Å². The van der Waals surface area contributed by atoms with E-state index < -0.39 is 0 Å². The Balaban J connectivity index is 2.30. The summed E-state index contributed by atoms with van der Waals surface area (Å²) in [6, 6.07) is 2.11. The van der Waals surface area contributed by atoms with E-state index in [0.717, 1.165) is 32.5 Å². The monoisotopic (exact) mass is 195 g/mol. The van der Waals surface area contributed by atoms with Gasteiger partial charge in [-0.1, -0.05) is 13.8 Å². The van der Waals surface area contributed by atoms with Crippen LogP contribution in [-0.4, -0.2) is 22.9 Å². The van der Waals surface area contributed by atoms with Crippen molar-refractivity contribution in [2.75, 3.05) is 13.1 Å². The molecule has 3 heteroatoms. The van der Waals surface area contributed by atoms with Crippen LogP contribution in [-0.2, 0) is 13.0 Å². The molecule has 0 amide bonds. The average Bonchev–Trinajstić information content (AvgIpc) is 2.61. The molecule has 3 nitrogen and oxygen atoms in total. The van der Waals surface area contributed by atoms with Gasteiger partial charge in [-0.25, -0.2) is 0 Å². The predicted molar refractivity (Wildman–Crippen MR) is 59.4 cm³/mol.